The molecule has 0 atom stereocenters. The second-order valence-electron chi connectivity index (χ2n) is 2.69. The molecule has 0 aliphatic heterocycles. The van der Waals surface area contributed by atoms with Gasteiger partial charge in [0, 0.05) is 22.2 Å². The number of aromatic nitrogens is 1. The van der Waals surface area contributed by atoms with Crippen LogP contribution in [0.4, 0.5) is 0 Å². The van der Waals surface area contributed by atoms with Gasteiger partial charge in [-0.1, -0.05) is 17.7 Å². The van der Waals surface area contributed by atoms with Crippen LogP contribution in [0.3, 0.4) is 0 Å². The Kier molecular flexibility index (Phi) is 1.99. The van der Waals surface area contributed by atoms with Gasteiger partial charge < -0.3 is 0 Å². The van der Waals surface area contributed by atoms with E-state index >= 15 is 0 Å². The molecule has 1 heterocycles. The summed E-state index contributed by atoms with van der Waals surface area (Å²) in [4.78, 5) is 14.6. The molecule has 0 saturated carbocycles. The molecule has 0 amide bonds. The fraction of sp³-hybridized carbons (Fsp3) is 0. The molecule has 2 rings (SSSR count). The van der Waals surface area contributed by atoms with Crippen molar-refractivity contribution in [3.8, 4) is 0 Å². The summed E-state index contributed by atoms with van der Waals surface area (Å²) in [5, 5.41) is 1.43. The Hall–Kier alpha value is -1.41. The summed E-state index contributed by atoms with van der Waals surface area (Å²) >= 11 is 5.93. The number of pyridine rings is 1. The molecule has 1 aromatic carbocycles. The molecular weight excluding hydrogens is 186 g/mol. The highest BCUT2D eigenvalue weighted by molar-refractivity contribution is 6.35. The van der Waals surface area contributed by atoms with E-state index in [2.05, 4.69) is 4.98 Å². The summed E-state index contributed by atoms with van der Waals surface area (Å²) in [6, 6.07) is 7.20. The number of nitrogens with zero attached hydrogens (tertiary/aromatic N) is 1. The lowest BCUT2D eigenvalue weighted by Crippen LogP contribution is -1.84. The first kappa shape index (κ1) is 8.20. The monoisotopic (exact) mass is 191 g/mol. The molecule has 3 heteroatoms. The Morgan fingerprint density at radius 3 is 3.00 bits per heavy atom. The number of carbonyl (C=O) groups is 1. The van der Waals surface area contributed by atoms with Crippen LogP contribution in [0.5, 0.6) is 0 Å². The smallest absolute Gasteiger partial charge is 0.151 e. The number of aldehydes is 1. The van der Waals surface area contributed by atoms with Gasteiger partial charge in [0.1, 0.15) is 0 Å². The van der Waals surface area contributed by atoms with Crippen LogP contribution in [0.25, 0.3) is 10.9 Å². The van der Waals surface area contributed by atoms with E-state index in [4.69, 9.17) is 11.6 Å². The Labute approximate surface area is 80.2 Å². The summed E-state index contributed by atoms with van der Waals surface area (Å²) < 4.78 is 0. The van der Waals surface area contributed by atoms with Gasteiger partial charge in [-0.15, -0.1) is 0 Å². The minimum absolute atomic E-state index is 0.542. The zero-order valence-corrected chi connectivity index (χ0v) is 7.45. The predicted molar refractivity (Wildman–Crippen MR) is 52.1 cm³/mol. The molecule has 2 aromatic rings. The molecular formula is C10H6ClNO. The Bertz CT molecular complexity index is 467. The molecule has 0 unspecified atom stereocenters. The number of hydrogen-bond donors (Lipinski definition) is 0. The summed E-state index contributed by atoms with van der Waals surface area (Å²) in [6.45, 7) is 0. The molecule has 0 spiro atoms. The van der Waals surface area contributed by atoms with Crippen molar-refractivity contribution < 1.29 is 4.79 Å². The van der Waals surface area contributed by atoms with Crippen LogP contribution in [0.1, 0.15) is 10.4 Å². The maximum atomic E-state index is 10.5. The van der Waals surface area contributed by atoms with Gasteiger partial charge in [0.15, 0.2) is 6.29 Å². The normalized spacial score (nSPS) is 10.2. The molecule has 0 fully saturated rings. The van der Waals surface area contributed by atoms with Gasteiger partial charge in [-0.05, 0) is 18.2 Å². The summed E-state index contributed by atoms with van der Waals surface area (Å²) in [5.41, 5.74) is 1.35. The summed E-state index contributed by atoms with van der Waals surface area (Å²) in [7, 11) is 0. The van der Waals surface area contributed by atoms with Gasteiger partial charge in [-0.3, -0.25) is 9.78 Å². The fourth-order valence-corrected chi connectivity index (χ4v) is 1.42. The molecule has 0 bridgehead atoms. The second-order valence-corrected chi connectivity index (χ2v) is 3.10. The molecule has 0 aliphatic rings. The minimum Gasteiger partial charge on any atom is -0.298 e. The lowest BCUT2D eigenvalue weighted by molar-refractivity contribution is 0.112. The van der Waals surface area contributed by atoms with E-state index in [0.717, 1.165) is 17.2 Å². The summed E-state index contributed by atoms with van der Waals surface area (Å²) in [5.74, 6) is 0. The van der Waals surface area contributed by atoms with Crippen molar-refractivity contribution >= 4 is 28.8 Å². The third-order valence-corrected chi connectivity index (χ3v) is 2.16. The number of hydrogen-bond acceptors (Lipinski definition) is 2. The number of halogens is 1. The van der Waals surface area contributed by atoms with Crippen LogP contribution >= 0.6 is 11.6 Å². The van der Waals surface area contributed by atoms with Crippen molar-refractivity contribution in [2.24, 2.45) is 0 Å². The van der Waals surface area contributed by atoms with Crippen LogP contribution in [0, 0.1) is 0 Å². The highest BCUT2D eigenvalue weighted by atomic mass is 35.5. The molecule has 0 N–H and O–H groups in total. The Morgan fingerprint density at radius 1 is 1.38 bits per heavy atom. The maximum Gasteiger partial charge on any atom is 0.151 e. The van der Waals surface area contributed by atoms with Gasteiger partial charge in [-0.25, -0.2) is 0 Å². The Morgan fingerprint density at radius 2 is 2.23 bits per heavy atom. The highest BCUT2D eigenvalue weighted by Gasteiger charge is 1.99. The average Bonchev–Trinajstić information content (AvgIpc) is 2.18. The number of carbonyl (C=O) groups excluding carboxylic acids is 1. The van der Waals surface area contributed by atoms with Crippen LogP contribution < -0.4 is 0 Å². The first-order valence-electron chi connectivity index (χ1n) is 3.81. The molecule has 0 radical (unpaired) electrons. The largest absolute Gasteiger partial charge is 0.298 e. The first-order valence-corrected chi connectivity index (χ1v) is 4.18. The first-order chi connectivity index (χ1) is 6.31. The molecule has 1 aromatic heterocycles. The molecule has 13 heavy (non-hydrogen) atoms. The van der Waals surface area contributed by atoms with Gasteiger partial charge in [0.25, 0.3) is 0 Å². The Balaban J connectivity index is 2.81. The van der Waals surface area contributed by atoms with Crippen molar-refractivity contribution in [2.75, 3.05) is 0 Å². The molecule has 0 saturated heterocycles. The van der Waals surface area contributed by atoms with Gasteiger partial charge in [-0.2, -0.15) is 0 Å². The summed E-state index contributed by atoms with van der Waals surface area (Å²) in [6.07, 6.45) is 2.29. The second kappa shape index (κ2) is 3.15. The van der Waals surface area contributed by atoms with E-state index in [-0.39, 0.29) is 0 Å². The fourth-order valence-electron chi connectivity index (χ4n) is 1.19. The molecule has 0 aliphatic carbocycles. The van der Waals surface area contributed by atoms with Gasteiger partial charge in [0.05, 0.1) is 5.52 Å². The standard InChI is InChI=1S/C10H6ClNO/c11-9-2-1-3-10-8(9)4-7(6-13)5-12-10/h1-6H. The number of rotatable bonds is 1. The highest BCUT2D eigenvalue weighted by Crippen LogP contribution is 2.21. The van der Waals surface area contributed by atoms with E-state index in [1.54, 1.807) is 12.1 Å². The van der Waals surface area contributed by atoms with Crippen molar-refractivity contribution in [3.05, 3.63) is 41.0 Å². The molecule has 64 valence electrons. The predicted octanol–water partition coefficient (Wildman–Crippen LogP) is 2.70. The van der Waals surface area contributed by atoms with Crippen LogP contribution in [0.15, 0.2) is 30.5 Å². The third kappa shape index (κ3) is 1.40. The SMILES string of the molecule is O=Cc1cnc2cccc(Cl)c2c1. The van der Waals surface area contributed by atoms with E-state index < -0.39 is 0 Å². The van der Waals surface area contributed by atoms with Gasteiger partial charge >= 0.3 is 0 Å². The topological polar surface area (TPSA) is 30.0 Å². The van der Waals surface area contributed by atoms with Crippen molar-refractivity contribution in [2.45, 2.75) is 0 Å². The van der Waals surface area contributed by atoms with E-state index in [9.17, 15) is 4.79 Å². The molecule has 2 nitrogen and oxygen atoms in total. The van der Waals surface area contributed by atoms with Crippen molar-refractivity contribution in [1.82, 2.24) is 4.98 Å². The van der Waals surface area contributed by atoms with E-state index in [0.29, 0.717) is 10.6 Å². The maximum absolute atomic E-state index is 10.5. The minimum atomic E-state index is 0.542. The average molecular weight is 192 g/mol. The van der Waals surface area contributed by atoms with Crippen LogP contribution in [-0.2, 0) is 0 Å². The van der Waals surface area contributed by atoms with Crippen LogP contribution in [0.2, 0.25) is 5.02 Å². The van der Waals surface area contributed by atoms with E-state index in [1.807, 2.05) is 12.1 Å². The third-order valence-electron chi connectivity index (χ3n) is 1.83. The van der Waals surface area contributed by atoms with Gasteiger partial charge in [0.2, 0.25) is 0 Å². The van der Waals surface area contributed by atoms with E-state index in [1.165, 1.54) is 6.20 Å². The lowest BCUT2D eigenvalue weighted by atomic mass is 10.2. The number of fused-ring (bicyclic) bond motifs is 1. The quantitative estimate of drug-likeness (QED) is 0.649. The van der Waals surface area contributed by atoms with Crippen molar-refractivity contribution in [1.29, 1.82) is 0 Å². The zero-order chi connectivity index (χ0) is 9.26. The lowest BCUT2D eigenvalue weighted by Gasteiger charge is -1.98. The zero-order valence-electron chi connectivity index (χ0n) is 6.70. The van der Waals surface area contributed by atoms with Crippen LogP contribution in [-0.4, -0.2) is 11.3 Å². The van der Waals surface area contributed by atoms with Crippen molar-refractivity contribution in [3.63, 3.8) is 0 Å². The number of benzene rings is 1.